The lowest BCUT2D eigenvalue weighted by molar-refractivity contribution is -0.121. The highest BCUT2D eigenvalue weighted by atomic mass is 16.5. The zero-order chi connectivity index (χ0) is 15.8. The van der Waals surface area contributed by atoms with Gasteiger partial charge in [-0.3, -0.25) is 9.59 Å². The Hall–Kier alpha value is -1.84. The van der Waals surface area contributed by atoms with Gasteiger partial charge in [0.1, 0.15) is 17.3 Å². The van der Waals surface area contributed by atoms with E-state index in [1.807, 2.05) is 27.7 Å². The highest BCUT2D eigenvalue weighted by molar-refractivity contribution is 6.10. The molecule has 21 heavy (non-hydrogen) atoms. The summed E-state index contributed by atoms with van der Waals surface area (Å²) in [5.74, 6) is 0.764. The molecule has 1 aromatic rings. The van der Waals surface area contributed by atoms with E-state index in [1.54, 1.807) is 18.2 Å². The van der Waals surface area contributed by atoms with Crippen molar-refractivity contribution < 1.29 is 19.1 Å². The van der Waals surface area contributed by atoms with Gasteiger partial charge >= 0.3 is 0 Å². The molecular weight excluding hydrogens is 268 g/mol. The molecule has 0 bridgehead atoms. The molecule has 0 fully saturated rings. The molecule has 4 heteroatoms. The Morgan fingerprint density at radius 3 is 2.33 bits per heavy atom. The topological polar surface area (TPSA) is 52.6 Å². The molecule has 0 saturated carbocycles. The van der Waals surface area contributed by atoms with Crippen molar-refractivity contribution in [2.75, 3.05) is 13.2 Å². The molecule has 0 radical (unpaired) electrons. The van der Waals surface area contributed by atoms with Gasteiger partial charge in [0.2, 0.25) is 0 Å². The van der Waals surface area contributed by atoms with Crippen molar-refractivity contribution in [1.82, 2.24) is 0 Å². The van der Waals surface area contributed by atoms with E-state index in [0.29, 0.717) is 30.3 Å². The minimum absolute atomic E-state index is 0.0354. The SMILES string of the molecule is CCOc1ccc(OCC)c(C(=O)CC(=O)C(C)CC)c1. The lowest BCUT2D eigenvalue weighted by Crippen LogP contribution is -2.16. The lowest BCUT2D eigenvalue weighted by Gasteiger charge is -2.12. The van der Waals surface area contributed by atoms with Gasteiger partial charge in [0.05, 0.1) is 25.2 Å². The van der Waals surface area contributed by atoms with Crippen LogP contribution in [0.3, 0.4) is 0 Å². The molecule has 0 N–H and O–H groups in total. The summed E-state index contributed by atoms with van der Waals surface area (Å²) < 4.78 is 10.9. The first-order valence-electron chi connectivity index (χ1n) is 7.48. The van der Waals surface area contributed by atoms with Crippen LogP contribution in [0.25, 0.3) is 0 Å². The van der Waals surface area contributed by atoms with Gasteiger partial charge in [-0.15, -0.1) is 0 Å². The molecule has 0 aliphatic heterocycles. The van der Waals surface area contributed by atoms with Crippen molar-refractivity contribution >= 4 is 11.6 Å². The third kappa shape index (κ3) is 4.88. The number of Topliss-reactive ketones (excluding diaryl/α,β-unsaturated/α-hetero) is 2. The standard InChI is InChI=1S/C17H24O4/c1-5-12(4)15(18)11-16(19)14-10-13(20-6-2)8-9-17(14)21-7-3/h8-10,12H,5-7,11H2,1-4H3. The summed E-state index contributed by atoms with van der Waals surface area (Å²) in [7, 11) is 0. The molecule has 0 heterocycles. The van der Waals surface area contributed by atoms with Crippen molar-refractivity contribution in [3.8, 4) is 11.5 Å². The first-order valence-corrected chi connectivity index (χ1v) is 7.48. The Kier molecular flexibility index (Phi) is 6.92. The molecule has 0 aliphatic rings. The number of hydrogen-bond donors (Lipinski definition) is 0. The average molecular weight is 292 g/mol. The second-order valence-corrected chi connectivity index (χ2v) is 4.90. The predicted molar refractivity (Wildman–Crippen MR) is 82.2 cm³/mol. The van der Waals surface area contributed by atoms with Crippen LogP contribution in [-0.2, 0) is 4.79 Å². The van der Waals surface area contributed by atoms with Gasteiger partial charge in [-0.2, -0.15) is 0 Å². The van der Waals surface area contributed by atoms with E-state index in [2.05, 4.69) is 0 Å². The Morgan fingerprint density at radius 2 is 1.76 bits per heavy atom. The van der Waals surface area contributed by atoms with E-state index in [1.165, 1.54) is 0 Å². The van der Waals surface area contributed by atoms with E-state index in [9.17, 15) is 9.59 Å². The molecule has 0 saturated heterocycles. The smallest absolute Gasteiger partial charge is 0.174 e. The first kappa shape index (κ1) is 17.2. The number of hydrogen-bond acceptors (Lipinski definition) is 4. The molecule has 1 unspecified atom stereocenters. The van der Waals surface area contributed by atoms with Crippen LogP contribution in [0.5, 0.6) is 11.5 Å². The van der Waals surface area contributed by atoms with Crippen molar-refractivity contribution in [3.63, 3.8) is 0 Å². The van der Waals surface area contributed by atoms with Gasteiger partial charge in [-0.05, 0) is 38.5 Å². The highest BCUT2D eigenvalue weighted by Gasteiger charge is 2.20. The number of ether oxygens (including phenoxy) is 2. The average Bonchev–Trinajstić information content (AvgIpc) is 2.48. The summed E-state index contributed by atoms with van der Waals surface area (Å²) in [6.07, 6.45) is 0.647. The number of carbonyl (C=O) groups is 2. The molecule has 1 atom stereocenters. The van der Waals surface area contributed by atoms with Crippen molar-refractivity contribution in [3.05, 3.63) is 23.8 Å². The van der Waals surface area contributed by atoms with Crippen LogP contribution in [0.1, 0.15) is 50.9 Å². The number of benzene rings is 1. The van der Waals surface area contributed by atoms with E-state index in [-0.39, 0.29) is 23.9 Å². The number of carbonyl (C=O) groups excluding carboxylic acids is 2. The lowest BCUT2D eigenvalue weighted by atomic mass is 9.96. The minimum Gasteiger partial charge on any atom is -0.494 e. The largest absolute Gasteiger partial charge is 0.494 e. The summed E-state index contributed by atoms with van der Waals surface area (Å²) in [6.45, 7) is 8.50. The Labute approximate surface area is 126 Å². The second kappa shape index (κ2) is 8.45. The second-order valence-electron chi connectivity index (χ2n) is 4.90. The molecule has 0 aliphatic carbocycles. The van der Waals surface area contributed by atoms with E-state index < -0.39 is 0 Å². The van der Waals surface area contributed by atoms with Crippen LogP contribution in [-0.4, -0.2) is 24.8 Å². The Bertz CT molecular complexity index is 494. The third-order valence-corrected chi connectivity index (χ3v) is 3.36. The van der Waals surface area contributed by atoms with Crippen molar-refractivity contribution in [1.29, 1.82) is 0 Å². The first-order chi connectivity index (χ1) is 10.0. The molecule has 116 valence electrons. The van der Waals surface area contributed by atoms with E-state index >= 15 is 0 Å². The minimum atomic E-state index is -0.217. The maximum absolute atomic E-state index is 12.4. The van der Waals surface area contributed by atoms with Crippen molar-refractivity contribution in [2.45, 2.75) is 40.5 Å². The normalized spacial score (nSPS) is 11.8. The number of rotatable bonds is 9. The summed E-state index contributed by atoms with van der Waals surface area (Å²) in [4.78, 5) is 24.3. The molecule has 4 nitrogen and oxygen atoms in total. The molecule has 0 amide bonds. The quantitative estimate of drug-likeness (QED) is 0.514. The van der Waals surface area contributed by atoms with Crippen molar-refractivity contribution in [2.24, 2.45) is 5.92 Å². The van der Waals surface area contributed by atoms with Crippen LogP contribution in [0.2, 0.25) is 0 Å². The molecule has 0 aromatic heterocycles. The van der Waals surface area contributed by atoms with Gasteiger partial charge in [-0.25, -0.2) is 0 Å². The molecule has 0 spiro atoms. The van der Waals surface area contributed by atoms with Crippen LogP contribution >= 0.6 is 0 Å². The summed E-state index contributed by atoms with van der Waals surface area (Å²) in [5, 5.41) is 0. The molecule has 1 rings (SSSR count). The fourth-order valence-corrected chi connectivity index (χ4v) is 1.92. The fourth-order valence-electron chi connectivity index (χ4n) is 1.92. The van der Waals surface area contributed by atoms with E-state index in [4.69, 9.17) is 9.47 Å². The highest BCUT2D eigenvalue weighted by Crippen LogP contribution is 2.26. The molecule has 1 aromatic carbocycles. The Morgan fingerprint density at radius 1 is 1.10 bits per heavy atom. The predicted octanol–water partition coefficient (Wildman–Crippen LogP) is 3.67. The van der Waals surface area contributed by atoms with Gasteiger partial charge in [0, 0.05) is 5.92 Å². The Balaban J connectivity index is 2.98. The van der Waals surface area contributed by atoms with Crippen LogP contribution in [0.15, 0.2) is 18.2 Å². The van der Waals surface area contributed by atoms with Crippen LogP contribution in [0.4, 0.5) is 0 Å². The summed E-state index contributed by atoms with van der Waals surface area (Å²) >= 11 is 0. The maximum atomic E-state index is 12.4. The fraction of sp³-hybridized carbons (Fsp3) is 0.529. The summed E-state index contributed by atoms with van der Waals surface area (Å²) in [5.41, 5.74) is 0.416. The zero-order valence-electron chi connectivity index (χ0n) is 13.3. The maximum Gasteiger partial charge on any atom is 0.174 e. The van der Waals surface area contributed by atoms with Gasteiger partial charge in [0.15, 0.2) is 5.78 Å². The third-order valence-electron chi connectivity index (χ3n) is 3.36. The van der Waals surface area contributed by atoms with Crippen LogP contribution in [0, 0.1) is 5.92 Å². The molecular formula is C17H24O4. The number of ketones is 2. The van der Waals surface area contributed by atoms with Gasteiger partial charge in [-0.1, -0.05) is 13.8 Å². The van der Waals surface area contributed by atoms with Gasteiger partial charge < -0.3 is 9.47 Å². The summed E-state index contributed by atoms with van der Waals surface area (Å²) in [6, 6.07) is 5.14. The zero-order valence-corrected chi connectivity index (χ0v) is 13.3. The monoisotopic (exact) mass is 292 g/mol. The van der Waals surface area contributed by atoms with Gasteiger partial charge in [0.25, 0.3) is 0 Å². The van der Waals surface area contributed by atoms with Crippen LogP contribution < -0.4 is 9.47 Å². The van der Waals surface area contributed by atoms with E-state index in [0.717, 1.165) is 6.42 Å².